The van der Waals surface area contributed by atoms with Crippen molar-refractivity contribution in [3.05, 3.63) is 0 Å². The third-order valence-corrected chi connectivity index (χ3v) is 5.48. The molecule has 0 spiro atoms. The summed E-state index contributed by atoms with van der Waals surface area (Å²) in [5.74, 6) is 1.07. The summed E-state index contributed by atoms with van der Waals surface area (Å²) >= 11 is 0. The Bertz CT molecular complexity index is 398. The van der Waals surface area contributed by atoms with Gasteiger partial charge in [0.05, 0.1) is 0 Å². The summed E-state index contributed by atoms with van der Waals surface area (Å²) in [5, 5.41) is 3.03. The Labute approximate surface area is 128 Å². The second kappa shape index (κ2) is 6.37. The average molecular weight is 294 g/mol. The summed E-state index contributed by atoms with van der Waals surface area (Å²) in [7, 11) is 0. The van der Waals surface area contributed by atoms with Gasteiger partial charge in [-0.2, -0.15) is 0 Å². The molecule has 0 aromatic carbocycles. The second-order valence-electron chi connectivity index (χ2n) is 7.05. The lowest BCUT2D eigenvalue weighted by molar-refractivity contribution is -0.157. The summed E-state index contributed by atoms with van der Waals surface area (Å²) in [6.45, 7) is 8.77. The zero-order chi connectivity index (χ0) is 15.6. The van der Waals surface area contributed by atoms with Crippen LogP contribution in [0.25, 0.3) is 0 Å². The van der Waals surface area contributed by atoms with Gasteiger partial charge >= 0.3 is 0 Å². The number of nitrogens with zero attached hydrogens (tertiary/aromatic N) is 1. The Kier molecular flexibility index (Phi) is 4.95. The molecule has 1 heterocycles. The maximum Gasteiger partial charge on any atom is 0.248 e. The number of rotatable bonds is 6. The lowest BCUT2D eigenvalue weighted by atomic mass is 9.81. The molecule has 1 saturated carbocycles. The molecule has 2 rings (SSSR count). The SMILES string of the molecule is CCC1(CC)NC(=O)C(C(C)C)N(CCC2CCC2)C1=O. The standard InChI is InChI=1S/C17H30N2O2/c1-5-17(6-2)16(21)19(11-10-13-8-7-9-13)14(12(3)4)15(20)18-17/h12-14H,5-11H2,1-4H3,(H,18,20). The number of carbonyl (C=O) groups is 2. The highest BCUT2D eigenvalue weighted by atomic mass is 16.2. The van der Waals surface area contributed by atoms with Crippen LogP contribution in [-0.4, -0.2) is 34.8 Å². The lowest BCUT2D eigenvalue weighted by Crippen LogP contribution is -2.71. The molecule has 0 aromatic rings. The van der Waals surface area contributed by atoms with Crippen molar-refractivity contribution in [1.82, 2.24) is 10.2 Å². The summed E-state index contributed by atoms with van der Waals surface area (Å²) < 4.78 is 0. The van der Waals surface area contributed by atoms with Crippen molar-refractivity contribution in [1.29, 1.82) is 0 Å². The Morgan fingerprint density at radius 1 is 1.24 bits per heavy atom. The Morgan fingerprint density at radius 3 is 2.29 bits per heavy atom. The van der Waals surface area contributed by atoms with Crippen molar-refractivity contribution in [2.75, 3.05) is 6.54 Å². The first-order valence-electron chi connectivity index (χ1n) is 8.58. The van der Waals surface area contributed by atoms with Gasteiger partial charge in [0, 0.05) is 6.54 Å². The molecule has 120 valence electrons. The van der Waals surface area contributed by atoms with E-state index in [4.69, 9.17) is 0 Å². The molecule has 21 heavy (non-hydrogen) atoms. The molecule has 4 nitrogen and oxygen atoms in total. The minimum atomic E-state index is -0.678. The minimum absolute atomic E-state index is 0.0295. The smallest absolute Gasteiger partial charge is 0.248 e. The molecule has 1 unspecified atom stereocenters. The Balaban J connectivity index is 2.18. The molecule has 1 saturated heterocycles. The predicted molar refractivity (Wildman–Crippen MR) is 83.8 cm³/mol. The van der Waals surface area contributed by atoms with E-state index in [1.807, 2.05) is 32.6 Å². The molecular weight excluding hydrogens is 264 g/mol. The van der Waals surface area contributed by atoms with Crippen LogP contribution in [0, 0.1) is 11.8 Å². The molecule has 1 aliphatic heterocycles. The maximum atomic E-state index is 13.0. The molecule has 2 fully saturated rings. The van der Waals surface area contributed by atoms with Gasteiger partial charge in [0.25, 0.3) is 0 Å². The number of hydrogen-bond donors (Lipinski definition) is 1. The fourth-order valence-electron chi connectivity index (χ4n) is 3.64. The van der Waals surface area contributed by atoms with Crippen molar-refractivity contribution in [2.45, 2.75) is 77.8 Å². The fourth-order valence-corrected chi connectivity index (χ4v) is 3.64. The largest absolute Gasteiger partial charge is 0.340 e. The molecular formula is C17H30N2O2. The summed E-state index contributed by atoms with van der Waals surface area (Å²) in [4.78, 5) is 27.4. The van der Waals surface area contributed by atoms with E-state index in [2.05, 4.69) is 5.32 Å². The highest BCUT2D eigenvalue weighted by Gasteiger charge is 2.49. The van der Waals surface area contributed by atoms with Crippen molar-refractivity contribution >= 4 is 11.8 Å². The third-order valence-electron chi connectivity index (χ3n) is 5.48. The van der Waals surface area contributed by atoms with Gasteiger partial charge in [0.2, 0.25) is 11.8 Å². The number of piperazine rings is 1. The van der Waals surface area contributed by atoms with Crippen LogP contribution >= 0.6 is 0 Å². The molecule has 0 bridgehead atoms. The van der Waals surface area contributed by atoms with Gasteiger partial charge in [-0.05, 0) is 31.1 Å². The van der Waals surface area contributed by atoms with E-state index < -0.39 is 5.54 Å². The molecule has 4 heteroatoms. The van der Waals surface area contributed by atoms with E-state index in [0.29, 0.717) is 12.8 Å². The minimum Gasteiger partial charge on any atom is -0.340 e. The number of hydrogen-bond acceptors (Lipinski definition) is 2. The van der Waals surface area contributed by atoms with Crippen molar-refractivity contribution in [3.63, 3.8) is 0 Å². The van der Waals surface area contributed by atoms with E-state index in [1.165, 1.54) is 19.3 Å². The molecule has 2 aliphatic rings. The average Bonchev–Trinajstić information content (AvgIpc) is 2.39. The monoisotopic (exact) mass is 294 g/mol. The van der Waals surface area contributed by atoms with E-state index in [-0.39, 0.29) is 23.8 Å². The van der Waals surface area contributed by atoms with Crippen molar-refractivity contribution in [3.8, 4) is 0 Å². The van der Waals surface area contributed by atoms with E-state index in [1.54, 1.807) is 0 Å². The zero-order valence-corrected chi connectivity index (χ0v) is 13.9. The Hall–Kier alpha value is -1.06. The highest BCUT2D eigenvalue weighted by molar-refractivity contribution is 5.99. The van der Waals surface area contributed by atoms with Crippen LogP contribution in [-0.2, 0) is 9.59 Å². The lowest BCUT2D eigenvalue weighted by Gasteiger charge is -2.47. The number of nitrogens with one attached hydrogen (secondary N) is 1. The van der Waals surface area contributed by atoms with Crippen LogP contribution < -0.4 is 5.32 Å². The first-order chi connectivity index (χ1) is 9.95. The topological polar surface area (TPSA) is 49.4 Å². The number of carbonyl (C=O) groups excluding carboxylic acids is 2. The summed E-state index contributed by atoms with van der Waals surface area (Å²) in [6, 6.07) is -0.302. The highest BCUT2D eigenvalue weighted by Crippen LogP contribution is 2.32. The molecule has 1 N–H and O–H groups in total. The quantitative estimate of drug-likeness (QED) is 0.819. The van der Waals surface area contributed by atoms with Crippen molar-refractivity contribution < 1.29 is 9.59 Å². The van der Waals surface area contributed by atoms with Crippen LogP contribution in [0.4, 0.5) is 0 Å². The van der Waals surface area contributed by atoms with Gasteiger partial charge in [-0.15, -0.1) is 0 Å². The normalized spacial score (nSPS) is 26.0. The van der Waals surface area contributed by atoms with Crippen LogP contribution in [0.5, 0.6) is 0 Å². The van der Waals surface area contributed by atoms with Crippen LogP contribution in [0.1, 0.15) is 66.2 Å². The fraction of sp³-hybridized carbons (Fsp3) is 0.882. The van der Waals surface area contributed by atoms with E-state index >= 15 is 0 Å². The first kappa shape index (κ1) is 16.3. The number of amides is 2. The maximum absolute atomic E-state index is 13.0. The molecule has 0 radical (unpaired) electrons. The van der Waals surface area contributed by atoms with Gasteiger partial charge in [-0.1, -0.05) is 47.0 Å². The van der Waals surface area contributed by atoms with Crippen LogP contribution in [0.3, 0.4) is 0 Å². The van der Waals surface area contributed by atoms with Gasteiger partial charge < -0.3 is 10.2 Å². The molecule has 1 aliphatic carbocycles. The van der Waals surface area contributed by atoms with Gasteiger partial charge in [-0.25, -0.2) is 0 Å². The Morgan fingerprint density at radius 2 is 1.86 bits per heavy atom. The van der Waals surface area contributed by atoms with Gasteiger partial charge in [0.1, 0.15) is 11.6 Å². The zero-order valence-electron chi connectivity index (χ0n) is 13.9. The summed E-state index contributed by atoms with van der Waals surface area (Å²) in [6.07, 6.45) is 6.27. The summed E-state index contributed by atoms with van der Waals surface area (Å²) in [5.41, 5.74) is -0.678. The second-order valence-corrected chi connectivity index (χ2v) is 7.05. The van der Waals surface area contributed by atoms with Gasteiger partial charge in [-0.3, -0.25) is 9.59 Å². The molecule has 2 amide bonds. The first-order valence-corrected chi connectivity index (χ1v) is 8.58. The van der Waals surface area contributed by atoms with E-state index in [0.717, 1.165) is 18.9 Å². The predicted octanol–water partition coefficient (Wildman–Crippen LogP) is 2.72. The molecule has 1 atom stereocenters. The van der Waals surface area contributed by atoms with Gasteiger partial charge in [0.15, 0.2) is 0 Å². The van der Waals surface area contributed by atoms with Crippen LogP contribution in [0.2, 0.25) is 0 Å². The van der Waals surface area contributed by atoms with Crippen LogP contribution in [0.15, 0.2) is 0 Å². The third kappa shape index (κ3) is 2.95. The van der Waals surface area contributed by atoms with Crippen molar-refractivity contribution in [2.24, 2.45) is 11.8 Å². The molecule has 0 aromatic heterocycles. The van der Waals surface area contributed by atoms with E-state index in [9.17, 15) is 9.59 Å².